The maximum Gasteiger partial charge on any atom is 0.273 e. The summed E-state index contributed by atoms with van der Waals surface area (Å²) in [5.74, 6) is -3.59. The summed E-state index contributed by atoms with van der Waals surface area (Å²) >= 11 is 0. The Morgan fingerprint density at radius 2 is 1.92 bits per heavy atom. The van der Waals surface area contributed by atoms with Crippen molar-refractivity contribution in [3.63, 3.8) is 0 Å². The van der Waals surface area contributed by atoms with E-state index in [0.717, 1.165) is 25.3 Å². The fourth-order valence-corrected chi connectivity index (χ4v) is 5.05. The Hall–Kier alpha value is -3.73. The smallest absolute Gasteiger partial charge is 0.273 e. The van der Waals surface area contributed by atoms with E-state index in [2.05, 4.69) is 25.7 Å². The summed E-state index contributed by atoms with van der Waals surface area (Å²) in [6.45, 7) is 2.83. The number of pyridine rings is 1. The van der Waals surface area contributed by atoms with E-state index in [1.165, 1.54) is 30.5 Å². The molecule has 2 aliphatic rings. The molecule has 5 rings (SSSR count). The van der Waals surface area contributed by atoms with Crippen LogP contribution in [0.25, 0.3) is 11.3 Å². The number of carbonyl (C=O) groups is 2. The van der Waals surface area contributed by atoms with Crippen molar-refractivity contribution in [3.8, 4) is 11.3 Å². The predicted molar refractivity (Wildman–Crippen MR) is 131 cm³/mol. The van der Waals surface area contributed by atoms with Crippen molar-refractivity contribution in [1.29, 1.82) is 0 Å². The Morgan fingerprint density at radius 1 is 1.11 bits per heavy atom. The fourth-order valence-electron chi connectivity index (χ4n) is 5.05. The summed E-state index contributed by atoms with van der Waals surface area (Å²) in [4.78, 5) is 32.8. The van der Waals surface area contributed by atoms with Crippen LogP contribution >= 0.6 is 0 Å². The Bertz CT molecular complexity index is 1330. The monoisotopic (exact) mass is 527 g/mol. The summed E-state index contributed by atoms with van der Waals surface area (Å²) in [5, 5.41) is 9.48. The number of aromatic nitrogens is 2. The largest absolute Gasteiger partial charge is 0.355 e. The van der Waals surface area contributed by atoms with Gasteiger partial charge >= 0.3 is 0 Å². The van der Waals surface area contributed by atoms with E-state index in [9.17, 15) is 22.8 Å². The van der Waals surface area contributed by atoms with Crippen LogP contribution in [-0.4, -0.2) is 52.0 Å². The highest BCUT2D eigenvalue weighted by molar-refractivity contribution is 5.94. The van der Waals surface area contributed by atoms with Crippen LogP contribution in [0.15, 0.2) is 47.1 Å². The number of amides is 2. The van der Waals surface area contributed by atoms with E-state index in [1.807, 2.05) is 0 Å². The summed E-state index contributed by atoms with van der Waals surface area (Å²) in [6.07, 6.45) is 5.29. The van der Waals surface area contributed by atoms with Crippen LogP contribution in [0.3, 0.4) is 0 Å². The number of piperidine rings is 1. The lowest BCUT2D eigenvalue weighted by atomic mass is 9.85. The van der Waals surface area contributed by atoms with Crippen LogP contribution in [0.1, 0.15) is 54.8 Å². The van der Waals surface area contributed by atoms with Crippen molar-refractivity contribution in [3.05, 3.63) is 71.4 Å². The number of nitrogens with zero attached hydrogens (tertiary/aromatic N) is 3. The summed E-state index contributed by atoms with van der Waals surface area (Å²) in [5.41, 5.74) is 0.0178. The molecule has 1 aliphatic carbocycles. The lowest BCUT2D eigenvalue weighted by Crippen LogP contribution is -2.58. The van der Waals surface area contributed by atoms with Crippen molar-refractivity contribution in [2.45, 2.75) is 50.7 Å². The van der Waals surface area contributed by atoms with Crippen molar-refractivity contribution in [2.75, 3.05) is 13.1 Å². The molecule has 11 heteroatoms. The first kappa shape index (κ1) is 25.9. The predicted octanol–water partition coefficient (Wildman–Crippen LogP) is 4.00. The number of benzene rings is 1. The molecule has 2 aromatic heterocycles. The van der Waals surface area contributed by atoms with Gasteiger partial charge in [0.05, 0.1) is 23.2 Å². The summed E-state index contributed by atoms with van der Waals surface area (Å²) < 4.78 is 46.8. The average Bonchev–Trinajstić information content (AvgIpc) is 3.34. The van der Waals surface area contributed by atoms with E-state index in [0.29, 0.717) is 31.6 Å². The zero-order valence-electron chi connectivity index (χ0n) is 20.8. The molecule has 38 heavy (non-hydrogen) atoms. The van der Waals surface area contributed by atoms with Gasteiger partial charge in [0.1, 0.15) is 17.5 Å². The van der Waals surface area contributed by atoms with Gasteiger partial charge in [0.2, 0.25) is 5.91 Å². The van der Waals surface area contributed by atoms with Gasteiger partial charge in [-0.1, -0.05) is 11.6 Å². The van der Waals surface area contributed by atoms with Gasteiger partial charge in [-0.15, -0.1) is 0 Å². The first-order valence-corrected chi connectivity index (χ1v) is 12.7. The first-order valence-electron chi connectivity index (χ1n) is 12.7. The molecular formula is C27H28F3N5O3. The second kappa shape index (κ2) is 10.9. The molecule has 200 valence electrons. The van der Waals surface area contributed by atoms with Gasteiger partial charge in [0, 0.05) is 43.5 Å². The number of nitrogens with one attached hydrogen (secondary N) is 2. The maximum atomic E-state index is 14.2. The highest BCUT2D eigenvalue weighted by Gasteiger charge is 2.39. The minimum atomic E-state index is -0.841. The second-order valence-electron chi connectivity index (χ2n) is 9.86. The molecule has 0 unspecified atom stereocenters. The van der Waals surface area contributed by atoms with Crippen LogP contribution in [0.4, 0.5) is 13.2 Å². The van der Waals surface area contributed by atoms with Crippen molar-refractivity contribution < 1.29 is 27.3 Å². The molecule has 3 atom stereocenters. The Labute approximate surface area is 217 Å². The molecule has 0 bridgehead atoms. The lowest BCUT2D eigenvalue weighted by molar-refractivity contribution is -0.129. The molecule has 0 spiro atoms. The Morgan fingerprint density at radius 3 is 2.63 bits per heavy atom. The topological polar surface area (TPSA) is 100 Å². The quantitative estimate of drug-likeness (QED) is 0.482. The van der Waals surface area contributed by atoms with Crippen molar-refractivity contribution in [2.24, 2.45) is 5.92 Å². The molecule has 2 amide bonds. The van der Waals surface area contributed by atoms with Crippen LogP contribution in [0.5, 0.6) is 0 Å². The van der Waals surface area contributed by atoms with Crippen molar-refractivity contribution >= 4 is 11.8 Å². The minimum Gasteiger partial charge on any atom is -0.355 e. The van der Waals surface area contributed by atoms with Gasteiger partial charge in [0.25, 0.3) is 5.91 Å². The van der Waals surface area contributed by atoms with Gasteiger partial charge < -0.3 is 15.2 Å². The average molecular weight is 528 g/mol. The zero-order chi connectivity index (χ0) is 26.8. The first-order chi connectivity index (χ1) is 18.3. The number of carbonyl (C=O) groups excluding carboxylic acids is 2. The Kier molecular flexibility index (Phi) is 7.46. The van der Waals surface area contributed by atoms with Crippen molar-refractivity contribution in [1.82, 2.24) is 25.7 Å². The van der Waals surface area contributed by atoms with E-state index in [1.54, 1.807) is 6.92 Å². The highest BCUT2D eigenvalue weighted by atomic mass is 19.1. The van der Waals surface area contributed by atoms with Gasteiger partial charge in [-0.2, -0.15) is 0 Å². The standard InChI is InChI=1S/C27H28F3N5O3/c1-15(25-20(29)6-3-10-31-25)32-26(36)19-14-35(17-4-2-5-17)11-9-22(19)33-27(37)23-13-24(38-34-23)18-8-7-16(28)12-21(18)30/h3,6-8,10,12-13,15,17,19,22H,2,4-5,9,11,14H2,1H3,(H,32,36)(H,33,37)/t15-,19+,22+/m1/s1. The van der Waals surface area contributed by atoms with Crippen LogP contribution in [0, 0.1) is 23.4 Å². The van der Waals surface area contributed by atoms with E-state index in [-0.39, 0.29) is 28.6 Å². The van der Waals surface area contributed by atoms with Gasteiger partial charge in [0.15, 0.2) is 11.5 Å². The number of halogens is 3. The van der Waals surface area contributed by atoms with Crippen LogP contribution in [0.2, 0.25) is 0 Å². The number of hydrogen-bond donors (Lipinski definition) is 2. The molecule has 1 saturated carbocycles. The molecule has 1 saturated heterocycles. The molecule has 1 aliphatic heterocycles. The lowest BCUT2D eigenvalue weighted by Gasteiger charge is -2.45. The summed E-state index contributed by atoms with van der Waals surface area (Å²) in [6, 6.07) is 6.28. The Balaban J connectivity index is 1.31. The van der Waals surface area contributed by atoms with Crippen LogP contribution in [-0.2, 0) is 4.79 Å². The van der Waals surface area contributed by atoms with Crippen LogP contribution < -0.4 is 10.6 Å². The third kappa shape index (κ3) is 5.42. The van der Waals surface area contributed by atoms with E-state index in [4.69, 9.17) is 4.52 Å². The third-order valence-electron chi connectivity index (χ3n) is 7.38. The number of hydrogen-bond acceptors (Lipinski definition) is 6. The molecule has 8 nitrogen and oxygen atoms in total. The second-order valence-corrected chi connectivity index (χ2v) is 9.86. The molecule has 2 N–H and O–H groups in total. The normalized spacial score (nSPS) is 20.9. The SMILES string of the molecule is C[C@@H](NC(=O)[C@H]1CN(C2CCC2)CC[C@@H]1NC(=O)c1cc(-c2ccc(F)cc2F)on1)c1ncccc1F. The molecule has 2 fully saturated rings. The van der Waals surface area contributed by atoms with Gasteiger partial charge in [-0.3, -0.25) is 19.5 Å². The summed E-state index contributed by atoms with van der Waals surface area (Å²) in [7, 11) is 0. The minimum absolute atomic E-state index is 0.0204. The number of likely N-dealkylation sites (tertiary alicyclic amines) is 1. The maximum absolute atomic E-state index is 14.2. The molecule has 3 heterocycles. The fraction of sp³-hybridized carbons (Fsp3) is 0.407. The zero-order valence-corrected chi connectivity index (χ0v) is 20.8. The van der Waals surface area contributed by atoms with E-state index >= 15 is 0 Å². The molecule has 1 aromatic carbocycles. The van der Waals surface area contributed by atoms with E-state index < -0.39 is 41.4 Å². The number of rotatable bonds is 7. The highest BCUT2D eigenvalue weighted by Crippen LogP contribution is 2.30. The van der Waals surface area contributed by atoms with Gasteiger partial charge in [-0.25, -0.2) is 13.2 Å². The third-order valence-corrected chi connectivity index (χ3v) is 7.38. The molecule has 0 radical (unpaired) electrons. The molecular weight excluding hydrogens is 499 g/mol. The van der Waals surface area contributed by atoms with Gasteiger partial charge in [-0.05, 0) is 50.5 Å². The molecule has 3 aromatic rings.